The Balaban J connectivity index is 2.28. The zero-order valence-corrected chi connectivity index (χ0v) is 9.01. The van der Waals surface area contributed by atoms with Crippen molar-refractivity contribution in [3.8, 4) is 0 Å². The highest BCUT2D eigenvalue weighted by molar-refractivity contribution is 9.10. The second-order valence-corrected chi connectivity index (χ2v) is 4.32. The molecule has 0 bridgehead atoms. The van der Waals surface area contributed by atoms with Crippen molar-refractivity contribution in [1.82, 2.24) is 0 Å². The Morgan fingerprint density at radius 1 is 1.38 bits per heavy atom. The molecule has 4 heteroatoms. The molecule has 1 atom stereocenters. The molecule has 0 fully saturated rings. The Hall–Kier alpha value is -0.580. The van der Waals surface area contributed by atoms with Gasteiger partial charge < -0.3 is 9.52 Å². The lowest BCUT2D eigenvalue weighted by Crippen LogP contribution is -1.93. The summed E-state index contributed by atoms with van der Waals surface area (Å²) < 4.78 is 5.88. The summed E-state index contributed by atoms with van der Waals surface area (Å²) in [6.45, 7) is 0. The van der Waals surface area contributed by atoms with Gasteiger partial charge in [-0.1, -0.05) is 6.07 Å². The highest BCUT2D eigenvalue weighted by Crippen LogP contribution is 2.28. The zero-order valence-electron chi connectivity index (χ0n) is 6.61. The minimum atomic E-state index is -0.647. The minimum Gasteiger partial charge on any atom is -0.451 e. The largest absolute Gasteiger partial charge is 0.451 e. The number of halogens is 1. The van der Waals surface area contributed by atoms with Gasteiger partial charge in [0.25, 0.3) is 0 Å². The molecule has 68 valence electrons. The van der Waals surface area contributed by atoms with Crippen LogP contribution in [0.25, 0.3) is 0 Å². The Labute approximate surface area is 87.9 Å². The predicted octanol–water partition coefficient (Wildman–Crippen LogP) is 3.19. The number of thiophene rings is 1. The molecular weight excluding hydrogens is 252 g/mol. The van der Waals surface area contributed by atoms with Gasteiger partial charge in [0.15, 0.2) is 4.67 Å². The number of hydrogen-bond acceptors (Lipinski definition) is 3. The Bertz CT molecular complexity index is 380. The van der Waals surface area contributed by atoms with Crippen molar-refractivity contribution >= 4 is 27.3 Å². The molecular formula is C9H7BrO2S. The second kappa shape index (κ2) is 3.65. The van der Waals surface area contributed by atoms with E-state index in [1.807, 2.05) is 17.5 Å². The van der Waals surface area contributed by atoms with Crippen molar-refractivity contribution in [2.45, 2.75) is 6.10 Å². The van der Waals surface area contributed by atoms with Crippen LogP contribution in [0.1, 0.15) is 16.7 Å². The van der Waals surface area contributed by atoms with Gasteiger partial charge in [0.2, 0.25) is 0 Å². The third-order valence-corrected chi connectivity index (χ3v) is 3.03. The van der Waals surface area contributed by atoms with Crippen LogP contribution in [0.5, 0.6) is 0 Å². The van der Waals surface area contributed by atoms with E-state index < -0.39 is 6.10 Å². The maximum absolute atomic E-state index is 9.79. The van der Waals surface area contributed by atoms with E-state index in [1.54, 1.807) is 12.1 Å². The normalized spacial score (nSPS) is 13.1. The number of rotatable bonds is 2. The molecule has 0 aliphatic carbocycles. The molecule has 0 spiro atoms. The van der Waals surface area contributed by atoms with E-state index in [0.29, 0.717) is 10.4 Å². The van der Waals surface area contributed by atoms with Crippen LogP contribution in [-0.4, -0.2) is 5.11 Å². The molecule has 13 heavy (non-hydrogen) atoms. The van der Waals surface area contributed by atoms with E-state index in [1.165, 1.54) is 11.3 Å². The number of aliphatic hydroxyl groups is 1. The molecule has 2 nitrogen and oxygen atoms in total. The van der Waals surface area contributed by atoms with Crippen molar-refractivity contribution in [2.24, 2.45) is 0 Å². The Kier molecular flexibility index (Phi) is 2.53. The van der Waals surface area contributed by atoms with Gasteiger partial charge in [-0.2, -0.15) is 0 Å². The first-order valence-corrected chi connectivity index (χ1v) is 5.41. The van der Waals surface area contributed by atoms with Crippen LogP contribution in [-0.2, 0) is 0 Å². The van der Waals surface area contributed by atoms with E-state index in [4.69, 9.17) is 4.42 Å². The SMILES string of the molecule is OC(c1ccc(Br)o1)c1cccs1. The van der Waals surface area contributed by atoms with Crippen molar-refractivity contribution < 1.29 is 9.52 Å². The van der Waals surface area contributed by atoms with Crippen molar-refractivity contribution in [2.75, 3.05) is 0 Å². The standard InChI is InChI=1S/C9H7BrO2S/c10-8-4-3-6(12-8)9(11)7-2-1-5-13-7/h1-5,9,11H. The van der Waals surface area contributed by atoms with E-state index in [-0.39, 0.29) is 0 Å². The molecule has 1 unspecified atom stereocenters. The van der Waals surface area contributed by atoms with Crippen LogP contribution in [0.3, 0.4) is 0 Å². The summed E-state index contributed by atoms with van der Waals surface area (Å²) in [7, 11) is 0. The van der Waals surface area contributed by atoms with Crippen LogP contribution in [0.2, 0.25) is 0 Å². The molecule has 2 aromatic heterocycles. The molecule has 2 aromatic rings. The first-order chi connectivity index (χ1) is 6.27. The van der Waals surface area contributed by atoms with Gasteiger partial charge in [0, 0.05) is 4.88 Å². The summed E-state index contributed by atoms with van der Waals surface area (Å²) in [5, 5.41) is 11.7. The van der Waals surface area contributed by atoms with E-state index >= 15 is 0 Å². The maximum Gasteiger partial charge on any atom is 0.169 e. The summed E-state index contributed by atoms with van der Waals surface area (Å²) in [4.78, 5) is 0.891. The number of furan rings is 1. The molecule has 0 amide bonds. The lowest BCUT2D eigenvalue weighted by atomic mass is 10.2. The van der Waals surface area contributed by atoms with Crippen LogP contribution in [0, 0.1) is 0 Å². The number of aliphatic hydroxyl groups excluding tert-OH is 1. The average Bonchev–Trinajstić information content (AvgIpc) is 2.72. The van der Waals surface area contributed by atoms with Gasteiger partial charge in [-0.25, -0.2) is 0 Å². The summed E-state index contributed by atoms with van der Waals surface area (Å²) in [5.74, 6) is 0.564. The molecule has 0 aliphatic heterocycles. The average molecular weight is 259 g/mol. The summed E-state index contributed by atoms with van der Waals surface area (Å²) in [6.07, 6.45) is -0.647. The fourth-order valence-electron chi connectivity index (χ4n) is 1.06. The fourth-order valence-corrected chi connectivity index (χ4v) is 2.10. The van der Waals surface area contributed by atoms with E-state index in [0.717, 1.165) is 4.88 Å². The third kappa shape index (κ3) is 1.85. The third-order valence-electron chi connectivity index (χ3n) is 1.68. The van der Waals surface area contributed by atoms with Crippen LogP contribution in [0.15, 0.2) is 38.7 Å². The van der Waals surface area contributed by atoms with Gasteiger partial charge in [0.1, 0.15) is 11.9 Å². The van der Waals surface area contributed by atoms with E-state index in [2.05, 4.69) is 15.9 Å². The molecule has 0 saturated heterocycles. The Morgan fingerprint density at radius 3 is 2.77 bits per heavy atom. The molecule has 1 N–H and O–H groups in total. The molecule has 0 saturated carbocycles. The van der Waals surface area contributed by atoms with Crippen LogP contribution >= 0.6 is 27.3 Å². The van der Waals surface area contributed by atoms with Crippen molar-refractivity contribution in [3.05, 3.63) is 45.0 Å². The number of hydrogen-bond donors (Lipinski definition) is 1. The van der Waals surface area contributed by atoms with Crippen LogP contribution < -0.4 is 0 Å². The summed E-state index contributed by atoms with van der Waals surface area (Å²) in [5.41, 5.74) is 0. The predicted molar refractivity (Wildman–Crippen MR) is 54.8 cm³/mol. The van der Waals surface area contributed by atoms with E-state index in [9.17, 15) is 5.11 Å². The van der Waals surface area contributed by atoms with Gasteiger partial charge >= 0.3 is 0 Å². The maximum atomic E-state index is 9.79. The lowest BCUT2D eigenvalue weighted by Gasteiger charge is -2.03. The smallest absolute Gasteiger partial charge is 0.169 e. The second-order valence-electron chi connectivity index (χ2n) is 2.56. The van der Waals surface area contributed by atoms with Crippen molar-refractivity contribution in [3.63, 3.8) is 0 Å². The summed E-state index contributed by atoms with van der Waals surface area (Å²) in [6, 6.07) is 7.31. The van der Waals surface area contributed by atoms with Gasteiger partial charge in [-0.05, 0) is 39.5 Å². The minimum absolute atomic E-state index is 0.564. The fraction of sp³-hybridized carbons (Fsp3) is 0.111. The highest BCUT2D eigenvalue weighted by atomic mass is 79.9. The first kappa shape index (κ1) is 8.99. The lowest BCUT2D eigenvalue weighted by molar-refractivity contribution is 0.191. The van der Waals surface area contributed by atoms with Crippen molar-refractivity contribution in [1.29, 1.82) is 0 Å². The first-order valence-electron chi connectivity index (χ1n) is 3.74. The van der Waals surface area contributed by atoms with Crippen LogP contribution in [0.4, 0.5) is 0 Å². The molecule has 2 rings (SSSR count). The van der Waals surface area contributed by atoms with Gasteiger partial charge in [0.05, 0.1) is 0 Å². The molecule has 0 radical (unpaired) electrons. The molecule has 0 aliphatic rings. The summed E-state index contributed by atoms with van der Waals surface area (Å²) >= 11 is 4.70. The van der Waals surface area contributed by atoms with Gasteiger partial charge in [-0.3, -0.25) is 0 Å². The molecule has 2 heterocycles. The topological polar surface area (TPSA) is 33.4 Å². The zero-order chi connectivity index (χ0) is 9.26. The monoisotopic (exact) mass is 258 g/mol. The quantitative estimate of drug-likeness (QED) is 0.898. The Morgan fingerprint density at radius 2 is 2.23 bits per heavy atom. The van der Waals surface area contributed by atoms with Gasteiger partial charge in [-0.15, -0.1) is 11.3 Å². The highest BCUT2D eigenvalue weighted by Gasteiger charge is 2.14. The molecule has 0 aromatic carbocycles.